The maximum absolute atomic E-state index is 11.5. The van der Waals surface area contributed by atoms with Crippen molar-refractivity contribution in [2.45, 2.75) is 13.8 Å². The minimum absolute atomic E-state index is 0.112. The van der Waals surface area contributed by atoms with Crippen LogP contribution in [0.15, 0.2) is 50.6 Å². The second-order valence-corrected chi connectivity index (χ2v) is 9.65. The Morgan fingerprint density at radius 1 is 0.811 bits per heavy atom. The summed E-state index contributed by atoms with van der Waals surface area (Å²) in [5.74, 6) is 1.51. The van der Waals surface area contributed by atoms with Crippen molar-refractivity contribution < 1.29 is 28.9 Å². The number of benzene rings is 2. The Balaban J connectivity index is 0.000000371. The Hall–Kier alpha value is -2.00. The molecule has 0 bridgehead atoms. The molecule has 0 aliphatic heterocycles. The first-order valence-electron chi connectivity index (χ1n) is 10.2. The molecule has 37 heavy (non-hydrogen) atoms. The van der Waals surface area contributed by atoms with E-state index in [9.17, 15) is 4.79 Å². The third kappa shape index (κ3) is 11.1. The summed E-state index contributed by atoms with van der Waals surface area (Å²) in [5, 5.41) is 12.6. The van der Waals surface area contributed by atoms with Gasteiger partial charge in [0.1, 0.15) is 45.2 Å². The number of oxime groups is 1. The second-order valence-electron chi connectivity index (χ2n) is 6.82. The quantitative estimate of drug-likeness (QED) is 0.122. The molecule has 2 aromatic rings. The molecule has 0 radical (unpaired) electrons. The van der Waals surface area contributed by atoms with Gasteiger partial charge in [-0.1, -0.05) is 74.8 Å². The molecule has 0 aliphatic carbocycles. The zero-order valence-corrected chi connectivity index (χ0v) is 24.6. The molecule has 0 atom stereocenters. The van der Waals surface area contributed by atoms with Gasteiger partial charge in [-0.05, 0) is 38.1 Å². The van der Waals surface area contributed by atoms with Crippen molar-refractivity contribution in [2.24, 2.45) is 5.16 Å². The van der Waals surface area contributed by atoms with Crippen molar-refractivity contribution in [3.05, 3.63) is 66.6 Å². The summed E-state index contributed by atoms with van der Waals surface area (Å²) in [6.45, 7) is 3.42. The molecule has 2 rings (SSSR count). The molecule has 13 heteroatoms. The van der Waals surface area contributed by atoms with Crippen LogP contribution in [0.2, 0.25) is 10.0 Å². The van der Waals surface area contributed by atoms with Crippen molar-refractivity contribution >= 4 is 81.1 Å². The standard InChI is InChI=1S/C12H12Cl3NO3.C12H11Cl3O3/c1-7(16-17)9-5-8(19-4-3-11(14)15)6-10(13)12(9)18-2;1-7(16)9-5-8(18-4-3-11(14)15)6-10(13)12(9)17-2/h3,5-6,17H,4H2,1-2H3;3,5-6H,4H2,1-2H3/b16-7+;. The molecule has 0 amide bonds. The van der Waals surface area contributed by atoms with Crippen molar-refractivity contribution in [3.8, 4) is 23.0 Å². The maximum Gasteiger partial charge on any atom is 0.163 e. The summed E-state index contributed by atoms with van der Waals surface area (Å²) in [5.41, 5.74) is 1.25. The SMILES string of the molecule is COc1c(Cl)cc(OCC=C(Cl)Cl)cc1/C(C)=N/O.COc1c(Cl)cc(OCC=C(Cl)Cl)cc1C(C)=O. The fourth-order valence-corrected chi connectivity index (χ4v) is 3.53. The van der Waals surface area contributed by atoms with Crippen LogP contribution >= 0.6 is 69.6 Å². The zero-order chi connectivity index (χ0) is 28.1. The Kier molecular flexibility index (Phi) is 15.0. The average molecular weight is 634 g/mol. The van der Waals surface area contributed by atoms with Crippen molar-refractivity contribution in [3.63, 3.8) is 0 Å². The normalized spacial score (nSPS) is 10.5. The number of carbonyl (C=O) groups excluding carboxylic acids is 1. The number of nitrogens with zero attached hydrogens (tertiary/aromatic N) is 1. The lowest BCUT2D eigenvalue weighted by Crippen LogP contribution is -2.02. The van der Waals surface area contributed by atoms with E-state index in [0.29, 0.717) is 49.9 Å². The fourth-order valence-electron chi connectivity index (χ4n) is 2.70. The largest absolute Gasteiger partial charge is 0.494 e. The highest BCUT2D eigenvalue weighted by atomic mass is 35.5. The number of rotatable bonds is 10. The Bertz CT molecular complexity index is 1170. The van der Waals surface area contributed by atoms with E-state index in [1.165, 1.54) is 33.3 Å². The van der Waals surface area contributed by atoms with Crippen molar-refractivity contribution in [2.75, 3.05) is 27.4 Å². The van der Waals surface area contributed by atoms with Gasteiger partial charge < -0.3 is 24.2 Å². The van der Waals surface area contributed by atoms with Crippen LogP contribution in [-0.4, -0.2) is 44.1 Å². The first kappa shape index (κ1) is 33.0. The molecule has 0 heterocycles. The monoisotopic (exact) mass is 631 g/mol. The third-order valence-electron chi connectivity index (χ3n) is 4.34. The van der Waals surface area contributed by atoms with Crippen molar-refractivity contribution in [1.29, 1.82) is 0 Å². The van der Waals surface area contributed by atoms with E-state index < -0.39 is 0 Å². The minimum Gasteiger partial charge on any atom is -0.494 e. The maximum atomic E-state index is 11.5. The molecule has 0 fully saturated rings. The van der Waals surface area contributed by atoms with Crippen LogP contribution in [0, 0.1) is 0 Å². The summed E-state index contributed by atoms with van der Waals surface area (Å²) < 4.78 is 21.2. The molecule has 0 spiro atoms. The van der Waals surface area contributed by atoms with Gasteiger partial charge in [-0.25, -0.2) is 0 Å². The number of ether oxygens (including phenoxy) is 4. The van der Waals surface area contributed by atoms with Crippen LogP contribution in [0.3, 0.4) is 0 Å². The molecule has 7 nitrogen and oxygen atoms in total. The number of halogens is 6. The van der Waals surface area contributed by atoms with Gasteiger partial charge in [0.15, 0.2) is 5.78 Å². The summed E-state index contributed by atoms with van der Waals surface area (Å²) in [4.78, 5) is 11.5. The van der Waals surface area contributed by atoms with E-state index >= 15 is 0 Å². The Labute approximate surface area is 245 Å². The molecule has 0 saturated heterocycles. The molecule has 2 aromatic carbocycles. The minimum atomic E-state index is -0.162. The Morgan fingerprint density at radius 2 is 1.22 bits per heavy atom. The van der Waals surface area contributed by atoms with Gasteiger partial charge >= 0.3 is 0 Å². The average Bonchev–Trinajstić information content (AvgIpc) is 2.82. The number of carbonyl (C=O) groups is 1. The van der Waals surface area contributed by atoms with Crippen LogP contribution in [0.4, 0.5) is 0 Å². The number of methoxy groups -OCH3 is 2. The number of Topliss-reactive ketones (excluding diaryl/α,β-unsaturated/α-hetero) is 1. The highest BCUT2D eigenvalue weighted by Crippen LogP contribution is 2.35. The summed E-state index contributed by atoms with van der Waals surface area (Å²) >= 11 is 33.9. The molecule has 0 saturated carbocycles. The van der Waals surface area contributed by atoms with E-state index in [4.69, 9.17) is 93.8 Å². The van der Waals surface area contributed by atoms with Gasteiger partial charge in [0, 0.05) is 17.7 Å². The number of ketones is 1. The molecular formula is C24H23Cl6NO6. The van der Waals surface area contributed by atoms with Crippen molar-refractivity contribution in [1.82, 2.24) is 0 Å². The second kappa shape index (κ2) is 16.8. The molecule has 0 aromatic heterocycles. The van der Waals surface area contributed by atoms with Gasteiger partial charge in [-0.3, -0.25) is 4.79 Å². The molecule has 0 aliphatic rings. The van der Waals surface area contributed by atoms with Gasteiger partial charge in [0.05, 0.1) is 35.5 Å². The van der Waals surface area contributed by atoms with Gasteiger partial charge in [-0.2, -0.15) is 0 Å². The first-order chi connectivity index (χ1) is 17.4. The molecule has 0 unspecified atom stereocenters. The van der Waals surface area contributed by atoms with Gasteiger partial charge in [0.25, 0.3) is 0 Å². The van der Waals surface area contributed by atoms with Gasteiger partial charge in [-0.15, -0.1) is 0 Å². The summed E-state index contributed by atoms with van der Waals surface area (Å²) in [6.07, 6.45) is 2.97. The Morgan fingerprint density at radius 3 is 1.57 bits per heavy atom. The van der Waals surface area contributed by atoms with Crippen LogP contribution in [0.1, 0.15) is 29.8 Å². The predicted molar refractivity (Wildman–Crippen MR) is 151 cm³/mol. The van der Waals surface area contributed by atoms with E-state index in [-0.39, 0.29) is 28.0 Å². The van der Waals surface area contributed by atoms with E-state index in [0.717, 1.165) is 0 Å². The highest BCUT2D eigenvalue weighted by molar-refractivity contribution is 6.56. The lowest BCUT2D eigenvalue weighted by atomic mass is 10.1. The highest BCUT2D eigenvalue weighted by Gasteiger charge is 2.15. The topological polar surface area (TPSA) is 86.6 Å². The number of hydrogen-bond donors (Lipinski definition) is 1. The molecular weight excluding hydrogens is 611 g/mol. The summed E-state index contributed by atoms with van der Waals surface area (Å²) in [7, 11) is 2.93. The van der Waals surface area contributed by atoms with E-state index in [1.807, 2.05) is 0 Å². The van der Waals surface area contributed by atoms with Crippen LogP contribution in [-0.2, 0) is 0 Å². The van der Waals surface area contributed by atoms with E-state index in [2.05, 4.69) is 5.16 Å². The van der Waals surface area contributed by atoms with Crippen LogP contribution in [0.25, 0.3) is 0 Å². The van der Waals surface area contributed by atoms with Gasteiger partial charge in [0.2, 0.25) is 0 Å². The van der Waals surface area contributed by atoms with E-state index in [1.54, 1.807) is 31.2 Å². The summed E-state index contributed by atoms with van der Waals surface area (Å²) in [6, 6.07) is 6.35. The zero-order valence-electron chi connectivity index (χ0n) is 20.1. The predicted octanol–water partition coefficient (Wildman–Crippen LogP) is 8.49. The lowest BCUT2D eigenvalue weighted by Gasteiger charge is -2.12. The fraction of sp³-hybridized carbons (Fsp3) is 0.250. The first-order valence-corrected chi connectivity index (χ1v) is 12.4. The van der Waals surface area contributed by atoms with Crippen LogP contribution in [0.5, 0.6) is 23.0 Å². The third-order valence-corrected chi connectivity index (χ3v) is 5.52. The molecule has 202 valence electrons. The lowest BCUT2D eigenvalue weighted by molar-refractivity contribution is 0.101. The smallest absolute Gasteiger partial charge is 0.163 e. The van der Waals surface area contributed by atoms with Crippen LogP contribution < -0.4 is 18.9 Å². The molecule has 1 N–H and O–H groups in total. The number of hydrogen-bond acceptors (Lipinski definition) is 7.